The molecule has 1 aromatic rings. The highest BCUT2D eigenvalue weighted by molar-refractivity contribution is 7.89. The van der Waals surface area contributed by atoms with Crippen molar-refractivity contribution in [2.24, 2.45) is 0 Å². The second-order valence-electron chi connectivity index (χ2n) is 6.25. The third kappa shape index (κ3) is 5.50. The lowest BCUT2D eigenvalue weighted by atomic mass is 9.98. The number of ether oxygens (including phenoxy) is 1. The van der Waals surface area contributed by atoms with Crippen LogP contribution in [-0.2, 0) is 19.6 Å². The largest absolute Gasteiger partial charge is 0.394 e. The van der Waals surface area contributed by atoms with Gasteiger partial charge in [0, 0.05) is 6.54 Å². The standard InChI is InChI=1S/C17H26N2O5S/c1-3-18-17(21)10-13-6-9-15(16(11-20)24-13)19-25(22,23)14-7-4-12(2)5-8-14/h4-5,7-8,13,15-16,19-20H,3,6,9-11H2,1-2H3,(H,18,21)/t13-,15-,16+/m0/s1. The highest BCUT2D eigenvalue weighted by Gasteiger charge is 2.34. The summed E-state index contributed by atoms with van der Waals surface area (Å²) >= 11 is 0. The van der Waals surface area contributed by atoms with Crippen molar-refractivity contribution in [2.75, 3.05) is 13.2 Å². The van der Waals surface area contributed by atoms with Gasteiger partial charge in [0.25, 0.3) is 0 Å². The average molecular weight is 370 g/mol. The van der Waals surface area contributed by atoms with Gasteiger partial charge in [0.15, 0.2) is 0 Å². The third-order valence-electron chi connectivity index (χ3n) is 4.22. The Morgan fingerprint density at radius 1 is 1.28 bits per heavy atom. The van der Waals surface area contributed by atoms with Crippen molar-refractivity contribution in [2.45, 2.75) is 56.3 Å². The number of hydrogen-bond donors (Lipinski definition) is 3. The van der Waals surface area contributed by atoms with E-state index in [-0.39, 0.29) is 29.9 Å². The minimum absolute atomic E-state index is 0.108. The van der Waals surface area contributed by atoms with Crippen LogP contribution in [0.1, 0.15) is 31.7 Å². The number of aliphatic hydroxyl groups excluding tert-OH is 1. The van der Waals surface area contributed by atoms with Crippen LogP contribution in [-0.4, -0.2) is 50.8 Å². The van der Waals surface area contributed by atoms with E-state index in [9.17, 15) is 18.3 Å². The molecule has 1 aliphatic rings. The molecule has 0 radical (unpaired) electrons. The first kappa shape index (κ1) is 19.8. The maximum Gasteiger partial charge on any atom is 0.240 e. The third-order valence-corrected chi connectivity index (χ3v) is 5.73. The molecule has 1 aromatic carbocycles. The fourth-order valence-corrected chi connectivity index (χ4v) is 4.18. The van der Waals surface area contributed by atoms with E-state index < -0.39 is 22.2 Å². The van der Waals surface area contributed by atoms with E-state index in [1.807, 2.05) is 13.8 Å². The van der Waals surface area contributed by atoms with Crippen LogP contribution < -0.4 is 10.0 Å². The van der Waals surface area contributed by atoms with E-state index in [1.165, 1.54) is 0 Å². The maximum absolute atomic E-state index is 12.5. The van der Waals surface area contributed by atoms with Crippen LogP contribution in [0.2, 0.25) is 0 Å². The minimum atomic E-state index is -3.69. The van der Waals surface area contributed by atoms with Gasteiger partial charge in [-0.25, -0.2) is 13.1 Å². The van der Waals surface area contributed by atoms with Gasteiger partial charge in [0.2, 0.25) is 15.9 Å². The molecule has 7 nitrogen and oxygen atoms in total. The summed E-state index contributed by atoms with van der Waals surface area (Å²) in [6.45, 7) is 3.96. The number of hydrogen-bond acceptors (Lipinski definition) is 5. The number of rotatable bonds is 7. The second-order valence-corrected chi connectivity index (χ2v) is 7.97. The van der Waals surface area contributed by atoms with Crippen LogP contribution in [0.15, 0.2) is 29.2 Å². The molecule has 0 bridgehead atoms. The smallest absolute Gasteiger partial charge is 0.240 e. The van der Waals surface area contributed by atoms with Crippen LogP contribution >= 0.6 is 0 Å². The molecule has 0 saturated carbocycles. The quantitative estimate of drug-likeness (QED) is 0.656. The zero-order valence-electron chi connectivity index (χ0n) is 14.6. The van der Waals surface area contributed by atoms with E-state index in [0.29, 0.717) is 19.4 Å². The normalized spacial score (nSPS) is 24.0. The zero-order chi connectivity index (χ0) is 18.4. The number of amides is 1. The predicted molar refractivity (Wildman–Crippen MR) is 93.6 cm³/mol. The van der Waals surface area contributed by atoms with Crippen molar-refractivity contribution >= 4 is 15.9 Å². The number of sulfonamides is 1. The number of carbonyl (C=O) groups is 1. The summed E-state index contributed by atoms with van der Waals surface area (Å²) in [6, 6.07) is 6.04. The van der Waals surface area contributed by atoms with Gasteiger partial charge in [-0.1, -0.05) is 17.7 Å². The molecule has 1 heterocycles. The lowest BCUT2D eigenvalue weighted by Gasteiger charge is -2.35. The van der Waals surface area contributed by atoms with Crippen molar-refractivity contribution in [3.63, 3.8) is 0 Å². The molecule has 3 atom stereocenters. The lowest BCUT2D eigenvalue weighted by molar-refractivity contribution is -0.130. The van der Waals surface area contributed by atoms with Crippen LogP contribution in [0.3, 0.4) is 0 Å². The molecule has 1 amide bonds. The number of aliphatic hydroxyl groups is 1. The lowest BCUT2D eigenvalue weighted by Crippen LogP contribution is -2.51. The highest BCUT2D eigenvalue weighted by atomic mass is 32.2. The minimum Gasteiger partial charge on any atom is -0.394 e. The molecular weight excluding hydrogens is 344 g/mol. The molecule has 0 spiro atoms. The fourth-order valence-electron chi connectivity index (χ4n) is 2.88. The summed E-state index contributed by atoms with van der Waals surface area (Å²) in [5.41, 5.74) is 0.974. The van der Waals surface area contributed by atoms with E-state index in [2.05, 4.69) is 10.0 Å². The molecule has 0 unspecified atom stereocenters. The molecule has 0 aromatic heterocycles. The Hall–Kier alpha value is -1.48. The zero-order valence-corrected chi connectivity index (χ0v) is 15.4. The van der Waals surface area contributed by atoms with Gasteiger partial charge in [-0.3, -0.25) is 4.79 Å². The summed E-state index contributed by atoms with van der Waals surface area (Å²) in [5.74, 6) is -0.108. The Morgan fingerprint density at radius 3 is 2.56 bits per heavy atom. The van der Waals surface area contributed by atoms with Crippen molar-refractivity contribution in [3.8, 4) is 0 Å². The Labute approximate surface area is 148 Å². The molecule has 25 heavy (non-hydrogen) atoms. The SMILES string of the molecule is CCNC(=O)C[C@@H]1CC[C@H](NS(=O)(=O)c2ccc(C)cc2)[C@@H](CO)O1. The Bertz CT molecular complexity index is 675. The van der Waals surface area contributed by atoms with Gasteiger partial charge in [-0.15, -0.1) is 0 Å². The molecule has 1 saturated heterocycles. The molecule has 3 N–H and O–H groups in total. The monoisotopic (exact) mass is 370 g/mol. The predicted octanol–water partition coefficient (Wildman–Crippen LogP) is 0.708. The highest BCUT2D eigenvalue weighted by Crippen LogP contribution is 2.23. The summed E-state index contributed by atoms with van der Waals surface area (Å²) in [5, 5.41) is 12.3. The molecule has 1 aliphatic heterocycles. The summed E-state index contributed by atoms with van der Waals surface area (Å²) in [7, 11) is -3.69. The van der Waals surface area contributed by atoms with Gasteiger partial charge >= 0.3 is 0 Å². The number of benzene rings is 1. The molecular formula is C17H26N2O5S. The van der Waals surface area contributed by atoms with Crippen LogP contribution in [0.25, 0.3) is 0 Å². The van der Waals surface area contributed by atoms with E-state index >= 15 is 0 Å². The first-order chi connectivity index (χ1) is 11.9. The molecule has 140 valence electrons. The van der Waals surface area contributed by atoms with Gasteiger partial charge in [0.1, 0.15) is 0 Å². The van der Waals surface area contributed by atoms with E-state index in [1.54, 1.807) is 24.3 Å². The molecule has 8 heteroatoms. The molecule has 1 fully saturated rings. The van der Waals surface area contributed by atoms with Crippen LogP contribution in [0.5, 0.6) is 0 Å². The van der Waals surface area contributed by atoms with Crippen LogP contribution in [0, 0.1) is 6.92 Å². The topological polar surface area (TPSA) is 105 Å². The number of nitrogens with one attached hydrogen (secondary N) is 2. The first-order valence-corrected chi connectivity index (χ1v) is 9.96. The van der Waals surface area contributed by atoms with Crippen molar-refractivity contribution in [1.29, 1.82) is 0 Å². The van der Waals surface area contributed by atoms with Gasteiger partial charge in [-0.05, 0) is 38.8 Å². The van der Waals surface area contributed by atoms with Crippen molar-refractivity contribution < 1.29 is 23.1 Å². The molecule has 0 aliphatic carbocycles. The number of carbonyl (C=O) groups excluding carboxylic acids is 1. The summed E-state index contributed by atoms with van der Waals surface area (Å²) in [4.78, 5) is 11.8. The first-order valence-electron chi connectivity index (χ1n) is 8.47. The summed E-state index contributed by atoms with van der Waals surface area (Å²) in [6.07, 6.45) is 0.272. The fraction of sp³-hybridized carbons (Fsp3) is 0.588. The van der Waals surface area contributed by atoms with Gasteiger partial charge in [-0.2, -0.15) is 0 Å². The second kappa shape index (κ2) is 8.75. The Balaban J connectivity index is 2.00. The maximum atomic E-state index is 12.5. The Morgan fingerprint density at radius 2 is 1.96 bits per heavy atom. The van der Waals surface area contributed by atoms with Gasteiger partial charge in [0.05, 0.1) is 36.2 Å². The van der Waals surface area contributed by atoms with Crippen molar-refractivity contribution in [1.82, 2.24) is 10.0 Å². The summed E-state index contributed by atoms with van der Waals surface area (Å²) < 4.78 is 33.4. The van der Waals surface area contributed by atoms with Crippen LogP contribution in [0.4, 0.5) is 0 Å². The number of aryl methyl sites for hydroxylation is 1. The van der Waals surface area contributed by atoms with E-state index in [4.69, 9.17) is 4.74 Å². The average Bonchev–Trinajstić information content (AvgIpc) is 2.56. The van der Waals surface area contributed by atoms with E-state index in [0.717, 1.165) is 5.56 Å². The van der Waals surface area contributed by atoms with Crippen molar-refractivity contribution in [3.05, 3.63) is 29.8 Å². The Kier molecular flexibility index (Phi) is 6.95. The molecule has 2 rings (SSSR count). The van der Waals surface area contributed by atoms with Gasteiger partial charge < -0.3 is 15.2 Å².